The summed E-state index contributed by atoms with van der Waals surface area (Å²) in [7, 11) is 0. The zero-order chi connectivity index (χ0) is 23.2. The quantitative estimate of drug-likeness (QED) is 0.119. The molecule has 0 aliphatic carbocycles. The van der Waals surface area contributed by atoms with E-state index in [1.807, 2.05) is 0 Å². The highest BCUT2D eigenvalue weighted by Gasteiger charge is 2.18. The lowest BCUT2D eigenvalue weighted by molar-refractivity contribution is -0.131. The number of aliphatic hydroxyl groups is 1. The van der Waals surface area contributed by atoms with E-state index >= 15 is 0 Å². The molecule has 0 saturated carbocycles. The van der Waals surface area contributed by atoms with Gasteiger partial charge in [0.05, 0.1) is 11.6 Å². The van der Waals surface area contributed by atoms with Gasteiger partial charge in [-0.3, -0.25) is 9.59 Å². The van der Waals surface area contributed by atoms with E-state index in [1.54, 1.807) is 13.8 Å². The molecule has 0 spiro atoms. The number of amides is 1. The van der Waals surface area contributed by atoms with Gasteiger partial charge >= 0.3 is 0 Å². The number of hydrogen-bond donors (Lipinski definition) is 2. The Hall–Kier alpha value is -1.36. The molecule has 5 nitrogen and oxygen atoms in total. The standard InChI is InChI=1S/C26H49NO4/c1-4-5-6-7-8-9-10-11-12-13-14-15-16-17-18-19-25(29)27-24(22-31-23-28)20-21-26(2,3)30/h11-12,23-24,30H,4-10,13-22H2,1-3H3,(H,27,29)/b12-11-. The predicted molar refractivity (Wildman–Crippen MR) is 129 cm³/mol. The molecule has 31 heavy (non-hydrogen) atoms. The second kappa shape index (κ2) is 20.5. The van der Waals surface area contributed by atoms with Crippen molar-refractivity contribution in [3.05, 3.63) is 12.2 Å². The summed E-state index contributed by atoms with van der Waals surface area (Å²) in [4.78, 5) is 22.6. The molecule has 0 rings (SSSR count). The van der Waals surface area contributed by atoms with Gasteiger partial charge in [-0.1, -0.05) is 70.4 Å². The molecule has 0 bridgehead atoms. The summed E-state index contributed by atoms with van der Waals surface area (Å²) in [6, 6.07) is -0.243. The van der Waals surface area contributed by atoms with E-state index in [2.05, 4.69) is 24.4 Å². The molecule has 0 aliphatic rings. The molecule has 1 amide bonds. The van der Waals surface area contributed by atoms with Gasteiger partial charge in [0, 0.05) is 6.42 Å². The molecule has 0 aromatic heterocycles. The van der Waals surface area contributed by atoms with Crippen molar-refractivity contribution in [3.63, 3.8) is 0 Å². The van der Waals surface area contributed by atoms with E-state index < -0.39 is 5.60 Å². The van der Waals surface area contributed by atoms with Crippen LogP contribution < -0.4 is 5.32 Å². The average molecular weight is 440 g/mol. The summed E-state index contributed by atoms with van der Waals surface area (Å²) >= 11 is 0. The number of hydrogen-bond acceptors (Lipinski definition) is 4. The lowest BCUT2D eigenvalue weighted by Gasteiger charge is -2.22. The van der Waals surface area contributed by atoms with Crippen LogP contribution >= 0.6 is 0 Å². The van der Waals surface area contributed by atoms with Crippen molar-refractivity contribution in [3.8, 4) is 0 Å². The molecule has 0 radical (unpaired) electrons. The lowest BCUT2D eigenvalue weighted by atomic mass is 9.99. The second-order valence-electron chi connectivity index (χ2n) is 9.38. The molecule has 0 saturated heterocycles. The van der Waals surface area contributed by atoms with Crippen molar-refractivity contribution >= 4 is 12.4 Å². The van der Waals surface area contributed by atoms with Crippen molar-refractivity contribution in [2.45, 2.75) is 135 Å². The van der Waals surface area contributed by atoms with Crippen molar-refractivity contribution in [1.82, 2.24) is 5.32 Å². The number of nitrogens with one attached hydrogen (secondary N) is 1. The number of carbonyl (C=O) groups is 2. The van der Waals surface area contributed by atoms with Crippen LogP contribution in [0, 0.1) is 0 Å². The highest BCUT2D eigenvalue weighted by atomic mass is 16.5. The third-order valence-electron chi connectivity index (χ3n) is 5.50. The third-order valence-corrected chi connectivity index (χ3v) is 5.50. The van der Waals surface area contributed by atoms with Gasteiger partial charge in [-0.2, -0.15) is 0 Å². The minimum atomic E-state index is -0.798. The summed E-state index contributed by atoms with van der Waals surface area (Å²) < 4.78 is 4.81. The van der Waals surface area contributed by atoms with Crippen molar-refractivity contribution in [2.24, 2.45) is 0 Å². The van der Waals surface area contributed by atoms with Gasteiger partial charge in [0.1, 0.15) is 6.61 Å². The number of unbranched alkanes of at least 4 members (excludes halogenated alkanes) is 11. The topological polar surface area (TPSA) is 75.6 Å². The molecule has 1 unspecified atom stereocenters. The molecule has 0 aliphatic heterocycles. The van der Waals surface area contributed by atoms with E-state index in [1.165, 1.54) is 57.8 Å². The van der Waals surface area contributed by atoms with Gasteiger partial charge in [0.25, 0.3) is 6.47 Å². The fourth-order valence-electron chi connectivity index (χ4n) is 3.54. The zero-order valence-corrected chi connectivity index (χ0v) is 20.5. The van der Waals surface area contributed by atoms with Crippen LogP contribution in [0.15, 0.2) is 12.2 Å². The van der Waals surface area contributed by atoms with Gasteiger partial charge in [-0.15, -0.1) is 0 Å². The largest absolute Gasteiger partial charge is 0.466 e. The van der Waals surface area contributed by atoms with Crippen LogP contribution in [0.4, 0.5) is 0 Å². The van der Waals surface area contributed by atoms with Gasteiger partial charge < -0.3 is 15.2 Å². The van der Waals surface area contributed by atoms with Gasteiger partial charge in [0.15, 0.2) is 0 Å². The van der Waals surface area contributed by atoms with Crippen LogP contribution in [0.3, 0.4) is 0 Å². The first kappa shape index (κ1) is 29.6. The summed E-state index contributed by atoms with van der Waals surface area (Å²) in [6.07, 6.45) is 22.4. The van der Waals surface area contributed by atoms with Gasteiger partial charge in [-0.05, 0) is 58.8 Å². The Morgan fingerprint density at radius 3 is 2.03 bits per heavy atom. The number of rotatable bonds is 22. The minimum Gasteiger partial charge on any atom is -0.466 e. The monoisotopic (exact) mass is 439 g/mol. The van der Waals surface area contributed by atoms with E-state index in [-0.39, 0.29) is 18.6 Å². The average Bonchev–Trinajstić information content (AvgIpc) is 2.72. The lowest BCUT2D eigenvalue weighted by Crippen LogP contribution is -2.39. The van der Waals surface area contributed by atoms with E-state index in [0.29, 0.717) is 25.7 Å². The van der Waals surface area contributed by atoms with Crippen LogP contribution in [0.5, 0.6) is 0 Å². The molecule has 0 heterocycles. The fraction of sp³-hybridized carbons (Fsp3) is 0.846. The van der Waals surface area contributed by atoms with Crippen molar-refractivity contribution in [2.75, 3.05) is 6.61 Å². The Labute approximate surface area is 191 Å². The molecular formula is C26H49NO4. The maximum atomic E-state index is 12.1. The summed E-state index contributed by atoms with van der Waals surface area (Å²) in [6.45, 7) is 6.27. The normalized spacial score (nSPS) is 12.8. The number of allylic oxidation sites excluding steroid dienone is 2. The molecule has 0 aromatic carbocycles. The first-order valence-electron chi connectivity index (χ1n) is 12.6. The molecule has 5 heteroatoms. The maximum absolute atomic E-state index is 12.1. The van der Waals surface area contributed by atoms with E-state index in [0.717, 1.165) is 25.7 Å². The van der Waals surface area contributed by atoms with Crippen LogP contribution in [0.1, 0.15) is 124 Å². The Bertz CT molecular complexity index is 457. The summed E-state index contributed by atoms with van der Waals surface area (Å²) in [5, 5.41) is 12.8. The smallest absolute Gasteiger partial charge is 0.293 e. The van der Waals surface area contributed by atoms with Crippen LogP contribution in [0.2, 0.25) is 0 Å². The van der Waals surface area contributed by atoms with Gasteiger partial charge in [-0.25, -0.2) is 0 Å². The van der Waals surface area contributed by atoms with Crippen molar-refractivity contribution < 1.29 is 19.4 Å². The Morgan fingerprint density at radius 2 is 1.48 bits per heavy atom. The van der Waals surface area contributed by atoms with E-state index in [9.17, 15) is 14.7 Å². The highest BCUT2D eigenvalue weighted by molar-refractivity contribution is 5.76. The second-order valence-corrected chi connectivity index (χ2v) is 9.38. The third kappa shape index (κ3) is 23.1. The fourth-order valence-corrected chi connectivity index (χ4v) is 3.54. The first-order valence-corrected chi connectivity index (χ1v) is 12.6. The summed E-state index contributed by atoms with van der Waals surface area (Å²) in [5.41, 5.74) is -0.798. The van der Waals surface area contributed by atoms with Gasteiger partial charge in [0.2, 0.25) is 5.91 Å². The molecule has 0 fully saturated rings. The molecule has 182 valence electrons. The van der Waals surface area contributed by atoms with Crippen LogP contribution in [-0.2, 0) is 14.3 Å². The highest BCUT2D eigenvalue weighted by Crippen LogP contribution is 2.13. The number of ether oxygens (including phenoxy) is 1. The Balaban J connectivity index is 3.65. The minimum absolute atomic E-state index is 0.00660. The molecule has 1 atom stereocenters. The van der Waals surface area contributed by atoms with Crippen molar-refractivity contribution in [1.29, 1.82) is 0 Å². The maximum Gasteiger partial charge on any atom is 0.293 e. The summed E-state index contributed by atoms with van der Waals surface area (Å²) in [5.74, 6) is -0.00660. The van der Waals surface area contributed by atoms with Crippen LogP contribution in [-0.4, -0.2) is 35.7 Å². The number of carbonyl (C=O) groups excluding carboxylic acids is 2. The predicted octanol–water partition coefficient (Wildman–Crippen LogP) is 6.23. The molecular weight excluding hydrogens is 390 g/mol. The SMILES string of the molecule is CCCCCCCC/C=C\CCCCCCCC(=O)NC(CCC(C)(C)O)COC=O. The zero-order valence-electron chi connectivity index (χ0n) is 20.5. The Morgan fingerprint density at radius 1 is 0.935 bits per heavy atom. The molecule has 2 N–H and O–H groups in total. The Kier molecular flexibility index (Phi) is 19.6. The van der Waals surface area contributed by atoms with E-state index in [4.69, 9.17) is 4.74 Å². The first-order chi connectivity index (χ1) is 14.9. The molecule has 0 aromatic rings. The van der Waals surface area contributed by atoms with Crippen LogP contribution in [0.25, 0.3) is 0 Å².